The molecule has 0 amide bonds. The normalized spacial score (nSPS) is 11.4. The van der Waals surface area contributed by atoms with Crippen molar-refractivity contribution < 1.29 is 9.15 Å². The van der Waals surface area contributed by atoms with Gasteiger partial charge in [0, 0.05) is 5.02 Å². The molecule has 9 heteroatoms. The summed E-state index contributed by atoms with van der Waals surface area (Å²) in [5.74, 6) is 2.49. The van der Waals surface area contributed by atoms with Crippen LogP contribution in [0.4, 0.5) is 0 Å². The highest BCUT2D eigenvalue weighted by atomic mass is 35.5. The van der Waals surface area contributed by atoms with Crippen LogP contribution in [0.3, 0.4) is 0 Å². The highest BCUT2D eigenvalue weighted by molar-refractivity contribution is 7.98. The predicted molar refractivity (Wildman–Crippen MR) is 99.0 cm³/mol. The highest BCUT2D eigenvalue weighted by Gasteiger charge is 2.07. The van der Waals surface area contributed by atoms with Crippen LogP contribution in [0.25, 0.3) is 0 Å². The molecule has 0 spiro atoms. The number of aryl methyl sites for hydroxylation is 1. The van der Waals surface area contributed by atoms with Crippen molar-refractivity contribution >= 4 is 41.2 Å². The first-order valence-electron chi connectivity index (χ1n) is 7.23. The number of benzene rings is 1. The van der Waals surface area contributed by atoms with Crippen molar-refractivity contribution in [2.24, 2.45) is 5.10 Å². The van der Waals surface area contributed by atoms with Crippen molar-refractivity contribution in [3.63, 3.8) is 0 Å². The maximum absolute atomic E-state index is 6.07. The third kappa shape index (κ3) is 4.36. The van der Waals surface area contributed by atoms with E-state index < -0.39 is 0 Å². The summed E-state index contributed by atoms with van der Waals surface area (Å²) in [5.41, 5.74) is 0. The molecule has 3 rings (SSSR count). The Balaban J connectivity index is 1.66. The maximum atomic E-state index is 6.07. The van der Waals surface area contributed by atoms with Gasteiger partial charge in [0.1, 0.15) is 23.9 Å². The van der Waals surface area contributed by atoms with Crippen LogP contribution < -0.4 is 4.74 Å². The van der Waals surface area contributed by atoms with E-state index in [2.05, 4.69) is 15.3 Å². The lowest BCUT2D eigenvalue weighted by atomic mass is 10.3. The second-order valence-electron chi connectivity index (χ2n) is 4.96. The third-order valence-corrected chi connectivity index (χ3v) is 4.35. The lowest BCUT2D eigenvalue weighted by molar-refractivity contribution is 0.270. The Morgan fingerprint density at radius 2 is 2.12 bits per heavy atom. The molecule has 2 heterocycles. The Morgan fingerprint density at radius 3 is 2.88 bits per heavy atom. The van der Waals surface area contributed by atoms with Crippen LogP contribution in [-0.2, 0) is 6.61 Å². The van der Waals surface area contributed by atoms with Crippen LogP contribution in [0.5, 0.6) is 5.75 Å². The summed E-state index contributed by atoms with van der Waals surface area (Å²) in [6.45, 7) is 2.08. The second kappa shape index (κ2) is 7.95. The second-order valence-corrected chi connectivity index (χ2v) is 6.57. The molecule has 0 saturated heterocycles. The fraction of sp³-hybridized carbons (Fsp3) is 0.188. The van der Waals surface area contributed by atoms with Gasteiger partial charge in [-0.3, -0.25) is 0 Å². The van der Waals surface area contributed by atoms with Gasteiger partial charge in [-0.15, -0.1) is 10.2 Å². The highest BCUT2D eigenvalue weighted by Crippen LogP contribution is 2.28. The Bertz CT molecular complexity index is 907. The summed E-state index contributed by atoms with van der Waals surface area (Å²) in [6.07, 6.45) is 3.52. The molecule has 0 N–H and O–H groups in total. The van der Waals surface area contributed by atoms with E-state index in [4.69, 9.17) is 32.4 Å². The molecule has 1 aromatic carbocycles. The molecule has 2 aromatic heterocycles. The van der Waals surface area contributed by atoms with Gasteiger partial charge in [0.25, 0.3) is 0 Å². The van der Waals surface area contributed by atoms with Crippen molar-refractivity contribution in [1.82, 2.24) is 14.9 Å². The molecule has 3 aromatic rings. The Kier molecular flexibility index (Phi) is 5.67. The van der Waals surface area contributed by atoms with Gasteiger partial charge in [0.05, 0.1) is 11.2 Å². The lowest BCUT2D eigenvalue weighted by Gasteiger charge is -2.06. The maximum Gasteiger partial charge on any atom is 0.211 e. The van der Waals surface area contributed by atoms with Gasteiger partial charge >= 0.3 is 0 Å². The van der Waals surface area contributed by atoms with E-state index in [1.54, 1.807) is 29.1 Å². The van der Waals surface area contributed by atoms with E-state index in [9.17, 15) is 0 Å². The molecular weight excluding hydrogens is 383 g/mol. The van der Waals surface area contributed by atoms with Gasteiger partial charge in [-0.25, -0.2) is 0 Å². The van der Waals surface area contributed by atoms with Crippen molar-refractivity contribution in [3.05, 3.63) is 57.7 Å². The summed E-state index contributed by atoms with van der Waals surface area (Å²) in [5, 5.41) is 14.1. The van der Waals surface area contributed by atoms with Crippen molar-refractivity contribution in [2.45, 2.75) is 18.7 Å². The van der Waals surface area contributed by atoms with Crippen LogP contribution in [-0.4, -0.2) is 27.3 Å². The van der Waals surface area contributed by atoms with E-state index in [1.165, 1.54) is 11.8 Å². The Hall–Kier alpha value is -1.96. The standard InChI is InChI=1S/C16H14Cl2N4O2S/c1-10-20-21-16(25-2)22(10)19-8-12-4-5-13(24-12)9-23-15-6-3-11(17)7-14(15)18/h3-8H,9H2,1-2H3/b19-8-. The fourth-order valence-corrected chi connectivity index (χ4v) is 2.93. The summed E-state index contributed by atoms with van der Waals surface area (Å²) >= 11 is 13.4. The van der Waals surface area contributed by atoms with Gasteiger partial charge < -0.3 is 9.15 Å². The van der Waals surface area contributed by atoms with E-state index in [0.717, 1.165) is 0 Å². The summed E-state index contributed by atoms with van der Waals surface area (Å²) < 4.78 is 13.0. The molecule has 0 atom stereocenters. The van der Waals surface area contributed by atoms with E-state index >= 15 is 0 Å². The number of thioether (sulfide) groups is 1. The fourth-order valence-electron chi connectivity index (χ4n) is 2.00. The molecule has 0 unspecified atom stereocenters. The average Bonchev–Trinajstić information content (AvgIpc) is 3.18. The van der Waals surface area contributed by atoms with E-state index in [0.29, 0.717) is 38.3 Å². The Labute approximate surface area is 158 Å². The minimum Gasteiger partial charge on any atom is -0.484 e. The quantitative estimate of drug-likeness (QED) is 0.447. The van der Waals surface area contributed by atoms with Crippen LogP contribution >= 0.6 is 35.0 Å². The van der Waals surface area contributed by atoms with Crippen LogP contribution in [0.2, 0.25) is 10.0 Å². The monoisotopic (exact) mass is 396 g/mol. The predicted octanol–water partition coefficient (Wildman–Crippen LogP) is 4.67. The first kappa shape index (κ1) is 17.8. The SMILES string of the molecule is CSc1nnc(C)n1/N=C\c1ccc(COc2ccc(Cl)cc2Cl)o1. The number of rotatable bonds is 6. The van der Waals surface area contributed by atoms with Crippen molar-refractivity contribution in [3.8, 4) is 5.75 Å². The van der Waals surface area contributed by atoms with Crippen molar-refractivity contribution in [2.75, 3.05) is 6.26 Å². The summed E-state index contributed by atoms with van der Waals surface area (Å²) in [4.78, 5) is 0. The van der Waals surface area contributed by atoms with Gasteiger partial charge in [-0.1, -0.05) is 35.0 Å². The van der Waals surface area contributed by atoms with Crippen LogP contribution in [0.15, 0.2) is 45.0 Å². The molecule has 0 fully saturated rings. The number of furan rings is 1. The molecule has 130 valence electrons. The number of hydrogen-bond acceptors (Lipinski definition) is 6. The number of hydrogen-bond donors (Lipinski definition) is 0. The van der Waals surface area contributed by atoms with E-state index in [1.807, 2.05) is 25.3 Å². The molecular formula is C16H14Cl2N4O2S. The molecule has 0 radical (unpaired) electrons. The topological polar surface area (TPSA) is 65.4 Å². The molecule has 0 bridgehead atoms. The van der Waals surface area contributed by atoms with Crippen LogP contribution in [0, 0.1) is 6.92 Å². The molecule has 0 aliphatic carbocycles. The molecule has 0 aliphatic heterocycles. The first-order chi connectivity index (χ1) is 12.1. The molecule has 0 aliphatic rings. The minimum atomic E-state index is 0.247. The third-order valence-electron chi connectivity index (χ3n) is 3.20. The van der Waals surface area contributed by atoms with Gasteiger partial charge in [0.15, 0.2) is 5.82 Å². The minimum absolute atomic E-state index is 0.247. The zero-order chi connectivity index (χ0) is 17.8. The first-order valence-corrected chi connectivity index (χ1v) is 9.22. The number of aromatic nitrogens is 3. The molecule has 6 nitrogen and oxygen atoms in total. The lowest BCUT2D eigenvalue weighted by Crippen LogP contribution is -1.95. The number of ether oxygens (including phenoxy) is 1. The smallest absolute Gasteiger partial charge is 0.211 e. The van der Waals surface area contributed by atoms with Gasteiger partial charge in [-0.05, 0) is 43.5 Å². The summed E-state index contributed by atoms with van der Waals surface area (Å²) in [7, 11) is 0. The number of nitrogens with zero attached hydrogens (tertiary/aromatic N) is 4. The zero-order valence-electron chi connectivity index (χ0n) is 13.4. The zero-order valence-corrected chi connectivity index (χ0v) is 15.8. The largest absolute Gasteiger partial charge is 0.484 e. The Morgan fingerprint density at radius 1 is 1.28 bits per heavy atom. The van der Waals surface area contributed by atoms with Gasteiger partial charge in [-0.2, -0.15) is 9.78 Å². The van der Waals surface area contributed by atoms with Gasteiger partial charge in [0.2, 0.25) is 5.16 Å². The number of halogens is 2. The summed E-state index contributed by atoms with van der Waals surface area (Å²) in [6, 6.07) is 8.69. The molecule has 0 saturated carbocycles. The average molecular weight is 397 g/mol. The van der Waals surface area contributed by atoms with Crippen molar-refractivity contribution in [1.29, 1.82) is 0 Å². The van der Waals surface area contributed by atoms with E-state index in [-0.39, 0.29) is 6.61 Å². The molecule has 25 heavy (non-hydrogen) atoms. The van der Waals surface area contributed by atoms with Crippen LogP contribution in [0.1, 0.15) is 17.3 Å².